The summed E-state index contributed by atoms with van der Waals surface area (Å²) in [5.41, 5.74) is 6.01. The Morgan fingerprint density at radius 3 is 2.44 bits per heavy atom. The number of oxime groups is 1. The normalized spacial score (nSPS) is 21.4. The second kappa shape index (κ2) is 6.98. The first kappa shape index (κ1) is 15.3. The third-order valence-electron chi connectivity index (χ3n) is 3.97. The highest BCUT2D eigenvalue weighted by Gasteiger charge is 2.34. The molecular formula is C14H29N3O. The molecule has 1 unspecified atom stereocenters. The predicted molar refractivity (Wildman–Crippen MR) is 75.8 cm³/mol. The van der Waals surface area contributed by atoms with E-state index >= 15 is 0 Å². The van der Waals surface area contributed by atoms with Crippen LogP contribution in [-0.4, -0.2) is 23.6 Å². The zero-order valence-corrected chi connectivity index (χ0v) is 12.1. The maximum atomic E-state index is 8.57. The van der Waals surface area contributed by atoms with E-state index in [1.807, 2.05) is 0 Å². The zero-order valence-electron chi connectivity index (χ0n) is 12.1. The second-order valence-electron chi connectivity index (χ2n) is 6.38. The summed E-state index contributed by atoms with van der Waals surface area (Å²) in [4.78, 5) is 0. The fraction of sp³-hybridized carbons (Fsp3) is 0.929. The summed E-state index contributed by atoms with van der Waals surface area (Å²) in [6.07, 6.45) is 7.32. The molecule has 0 spiro atoms. The van der Waals surface area contributed by atoms with Crippen LogP contribution in [0.25, 0.3) is 0 Å². The molecule has 0 radical (unpaired) electrons. The molecule has 4 N–H and O–H groups in total. The van der Waals surface area contributed by atoms with Crippen LogP contribution >= 0.6 is 0 Å². The highest BCUT2D eigenvalue weighted by Crippen LogP contribution is 2.42. The molecule has 106 valence electrons. The van der Waals surface area contributed by atoms with E-state index in [1.165, 1.54) is 32.1 Å². The van der Waals surface area contributed by atoms with Crippen LogP contribution in [0.1, 0.15) is 59.3 Å². The molecule has 1 rings (SSSR count). The van der Waals surface area contributed by atoms with Gasteiger partial charge >= 0.3 is 0 Å². The number of nitrogens with one attached hydrogen (secondary N) is 1. The van der Waals surface area contributed by atoms with Gasteiger partial charge in [0.05, 0.1) is 0 Å². The smallest absolute Gasteiger partial charge is 0.140 e. The predicted octanol–water partition coefficient (Wildman–Crippen LogP) is 2.71. The van der Waals surface area contributed by atoms with Crippen LogP contribution in [0.15, 0.2) is 5.16 Å². The van der Waals surface area contributed by atoms with Gasteiger partial charge in [-0.15, -0.1) is 0 Å². The molecule has 1 aliphatic rings. The van der Waals surface area contributed by atoms with Crippen LogP contribution in [0.4, 0.5) is 0 Å². The largest absolute Gasteiger partial charge is 0.409 e. The van der Waals surface area contributed by atoms with E-state index in [9.17, 15) is 0 Å². The lowest BCUT2D eigenvalue weighted by molar-refractivity contribution is 0.217. The van der Waals surface area contributed by atoms with E-state index in [0.717, 1.165) is 12.5 Å². The minimum atomic E-state index is 0.269. The van der Waals surface area contributed by atoms with E-state index in [-0.39, 0.29) is 6.04 Å². The van der Waals surface area contributed by atoms with Gasteiger partial charge in [-0.2, -0.15) is 0 Å². The molecule has 1 aliphatic carbocycles. The van der Waals surface area contributed by atoms with Crippen LogP contribution < -0.4 is 11.1 Å². The Hall–Kier alpha value is -0.770. The SMILES string of the molecule is CC(C)CC1(CNC(C)CC(N)=NO)CCCC1. The summed E-state index contributed by atoms with van der Waals surface area (Å²) in [5, 5.41) is 15.2. The summed E-state index contributed by atoms with van der Waals surface area (Å²) in [6, 6.07) is 0.269. The summed E-state index contributed by atoms with van der Waals surface area (Å²) in [7, 11) is 0. The third-order valence-corrected chi connectivity index (χ3v) is 3.97. The van der Waals surface area contributed by atoms with Gasteiger partial charge in [0, 0.05) is 19.0 Å². The lowest BCUT2D eigenvalue weighted by Crippen LogP contribution is -2.39. The molecule has 0 aliphatic heterocycles. The Balaban J connectivity index is 2.42. The van der Waals surface area contributed by atoms with Crippen molar-refractivity contribution < 1.29 is 5.21 Å². The maximum absolute atomic E-state index is 8.57. The van der Waals surface area contributed by atoms with Crippen molar-refractivity contribution in [2.45, 2.75) is 65.3 Å². The first-order chi connectivity index (χ1) is 8.47. The lowest BCUT2D eigenvalue weighted by atomic mass is 9.78. The molecular weight excluding hydrogens is 226 g/mol. The minimum Gasteiger partial charge on any atom is -0.409 e. The molecule has 0 aromatic carbocycles. The maximum Gasteiger partial charge on any atom is 0.140 e. The summed E-state index contributed by atoms with van der Waals surface area (Å²) in [5.74, 6) is 1.06. The van der Waals surface area contributed by atoms with Crippen LogP contribution in [0, 0.1) is 11.3 Å². The van der Waals surface area contributed by atoms with Gasteiger partial charge in [0.2, 0.25) is 0 Å². The molecule has 0 aromatic rings. The molecule has 1 atom stereocenters. The van der Waals surface area contributed by atoms with E-state index in [0.29, 0.717) is 17.7 Å². The molecule has 0 bridgehead atoms. The molecule has 0 saturated heterocycles. The van der Waals surface area contributed by atoms with Crippen molar-refractivity contribution >= 4 is 5.84 Å². The summed E-state index contributed by atoms with van der Waals surface area (Å²) >= 11 is 0. The van der Waals surface area contributed by atoms with Gasteiger partial charge in [0.15, 0.2) is 0 Å². The Morgan fingerprint density at radius 2 is 1.94 bits per heavy atom. The Bertz CT molecular complexity index is 270. The number of amidine groups is 1. The topological polar surface area (TPSA) is 70.6 Å². The summed E-state index contributed by atoms with van der Waals surface area (Å²) in [6.45, 7) is 7.76. The van der Waals surface area contributed by atoms with Gasteiger partial charge in [-0.3, -0.25) is 0 Å². The first-order valence-electron chi connectivity index (χ1n) is 7.17. The molecule has 0 heterocycles. The molecule has 1 saturated carbocycles. The van der Waals surface area contributed by atoms with Crippen LogP contribution in [0.3, 0.4) is 0 Å². The highest BCUT2D eigenvalue weighted by molar-refractivity contribution is 5.80. The number of hydrogen-bond donors (Lipinski definition) is 3. The monoisotopic (exact) mass is 255 g/mol. The molecule has 0 amide bonds. The standard InChI is InChI=1S/C14H29N3O/c1-11(2)9-14(6-4-5-7-14)10-16-12(3)8-13(15)17-18/h11-12,16,18H,4-10H2,1-3H3,(H2,15,17). The average Bonchev–Trinajstić information content (AvgIpc) is 2.74. The fourth-order valence-corrected chi connectivity index (χ4v) is 3.26. The van der Waals surface area contributed by atoms with Gasteiger partial charge < -0.3 is 16.3 Å². The Kier molecular flexibility index (Phi) is 5.93. The molecule has 4 heteroatoms. The van der Waals surface area contributed by atoms with Gasteiger partial charge in [0.25, 0.3) is 0 Å². The van der Waals surface area contributed by atoms with E-state index in [4.69, 9.17) is 10.9 Å². The van der Waals surface area contributed by atoms with Crippen LogP contribution in [0.2, 0.25) is 0 Å². The number of nitrogens with two attached hydrogens (primary N) is 1. The van der Waals surface area contributed by atoms with Crippen molar-refractivity contribution in [2.75, 3.05) is 6.54 Å². The van der Waals surface area contributed by atoms with Crippen molar-refractivity contribution in [3.05, 3.63) is 0 Å². The van der Waals surface area contributed by atoms with Gasteiger partial charge in [-0.1, -0.05) is 31.8 Å². The van der Waals surface area contributed by atoms with Gasteiger partial charge in [-0.05, 0) is 37.5 Å². The molecule has 4 nitrogen and oxygen atoms in total. The van der Waals surface area contributed by atoms with Crippen molar-refractivity contribution in [1.29, 1.82) is 0 Å². The lowest BCUT2D eigenvalue weighted by Gasteiger charge is -2.32. The first-order valence-corrected chi connectivity index (χ1v) is 7.17. The average molecular weight is 255 g/mol. The fourth-order valence-electron chi connectivity index (χ4n) is 3.26. The molecule has 1 fully saturated rings. The quantitative estimate of drug-likeness (QED) is 0.283. The van der Waals surface area contributed by atoms with Gasteiger partial charge in [0.1, 0.15) is 5.84 Å². The highest BCUT2D eigenvalue weighted by atomic mass is 16.4. The Labute approximate surface area is 111 Å². The molecule has 18 heavy (non-hydrogen) atoms. The zero-order chi connectivity index (χ0) is 13.6. The Morgan fingerprint density at radius 1 is 1.33 bits per heavy atom. The van der Waals surface area contributed by atoms with Crippen molar-refractivity contribution in [2.24, 2.45) is 22.2 Å². The van der Waals surface area contributed by atoms with E-state index in [2.05, 4.69) is 31.2 Å². The minimum absolute atomic E-state index is 0.269. The van der Waals surface area contributed by atoms with Crippen molar-refractivity contribution in [1.82, 2.24) is 5.32 Å². The number of rotatable bonds is 7. The summed E-state index contributed by atoms with van der Waals surface area (Å²) < 4.78 is 0. The number of nitrogens with zero attached hydrogens (tertiary/aromatic N) is 1. The third kappa shape index (κ3) is 4.84. The van der Waals surface area contributed by atoms with Crippen LogP contribution in [0.5, 0.6) is 0 Å². The van der Waals surface area contributed by atoms with E-state index in [1.54, 1.807) is 0 Å². The van der Waals surface area contributed by atoms with E-state index < -0.39 is 0 Å². The second-order valence-corrected chi connectivity index (χ2v) is 6.38. The van der Waals surface area contributed by atoms with Crippen molar-refractivity contribution in [3.63, 3.8) is 0 Å². The van der Waals surface area contributed by atoms with Gasteiger partial charge in [-0.25, -0.2) is 0 Å². The van der Waals surface area contributed by atoms with Crippen molar-refractivity contribution in [3.8, 4) is 0 Å². The van der Waals surface area contributed by atoms with Crippen LogP contribution in [-0.2, 0) is 0 Å². The number of hydrogen-bond acceptors (Lipinski definition) is 3. The molecule has 0 aromatic heterocycles.